The number of halogens is 1. The molecule has 2 N–H and O–H groups in total. The largest absolute Gasteiger partial charge is 0.494 e. The fourth-order valence-corrected chi connectivity index (χ4v) is 3.47. The van der Waals surface area contributed by atoms with E-state index in [1.54, 1.807) is 7.05 Å². The van der Waals surface area contributed by atoms with Crippen LogP contribution in [0.15, 0.2) is 21.6 Å². The number of benzene rings is 1. The second-order valence-corrected chi connectivity index (χ2v) is 7.04. The Morgan fingerprint density at radius 2 is 2.10 bits per heavy atom. The maximum absolute atomic E-state index is 5.90. The quantitative estimate of drug-likeness (QED) is 0.334. The van der Waals surface area contributed by atoms with Crippen LogP contribution in [0, 0.1) is 13.8 Å². The van der Waals surface area contributed by atoms with Gasteiger partial charge in [0.05, 0.1) is 12.3 Å². The first-order valence-electron chi connectivity index (χ1n) is 9.83. The summed E-state index contributed by atoms with van der Waals surface area (Å²) < 4.78 is 17.0. The molecule has 0 amide bonds. The summed E-state index contributed by atoms with van der Waals surface area (Å²) in [5.41, 5.74) is 4.35. The van der Waals surface area contributed by atoms with Gasteiger partial charge in [-0.3, -0.25) is 4.99 Å². The third-order valence-corrected chi connectivity index (χ3v) is 4.90. The maximum atomic E-state index is 5.90. The summed E-state index contributed by atoms with van der Waals surface area (Å²) in [6, 6.07) is 4.18. The van der Waals surface area contributed by atoms with Crippen LogP contribution in [-0.4, -0.2) is 37.4 Å². The summed E-state index contributed by atoms with van der Waals surface area (Å²) in [4.78, 5) is 4.31. The van der Waals surface area contributed by atoms with Crippen LogP contribution in [0.25, 0.3) is 0 Å². The lowest BCUT2D eigenvalue weighted by molar-refractivity contribution is 0.254. The Hall–Kier alpha value is -1.97. The summed E-state index contributed by atoms with van der Waals surface area (Å²) in [6.07, 6.45) is 1.97. The van der Waals surface area contributed by atoms with Gasteiger partial charge in [-0.1, -0.05) is 5.16 Å². The normalized spacial score (nSPS) is 15.3. The highest BCUT2D eigenvalue weighted by Crippen LogP contribution is 2.35. The first kappa shape index (κ1) is 23.3. The van der Waals surface area contributed by atoms with Crippen LogP contribution in [0.1, 0.15) is 42.0 Å². The molecule has 2 aromatic rings. The molecule has 0 spiro atoms. The van der Waals surface area contributed by atoms with Crippen LogP contribution in [0.4, 0.5) is 0 Å². The Labute approximate surface area is 189 Å². The second kappa shape index (κ2) is 10.7. The van der Waals surface area contributed by atoms with E-state index in [0.29, 0.717) is 13.2 Å². The Kier molecular flexibility index (Phi) is 8.60. The minimum absolute atomic E-state index is 0. The number of nitrogens with one attached hydrogen (secondary N) is 2. The van der Waals surface area contributed by atoms with Gasteiger partial charge >= 0.3 is 0 Å². The van der Waals surface area contributed by atoms with Gasteiger partial charge in [0.15, 0.2) is 5.96 Å². The highest BCUT2D eigenvalue weighted by Gasteiger charge is 2.22. The van der Waals surface area contributed by atoms with Gasteiger partial charge in [-0.25, -0.2) is 0 Å². The number of aliphatic imine (C=N–C) groups is 1. The molecule has 1 aromatic heterocycles. The zero-order valence-electron chi connectivity index (χ0n) is 17.8. The fraction of sp³-hybridized carbons (Fsp3) is 0.524. The van der Waals surface area contributed by atoms with Gasteiger partial charge in [-0.05, 0) is 46.2 Å². The molecular weight excluding hydrogens is 483 g/mol. The molecule has 0 aliphatic carbocycles. The molecule has 8 heteroatoms. The van der Waals surface area contributed by atoms with E-state index in [1.165, 1.54) is 5.56 Å². The molecule has 2 heterocycles. The van der Waals surface area contributed by atoms with Gasteiger partial charge < -0.3 is 24.6 Å². The minimum Gasteiger partial charge on any atom is -0.494 e. The molecule has 1 unspecified atom stereocenters. The smallest absolute Gasteiger partial charge is 0.191 e. The van der Waals surface area contributed by atoms with Crippen molar-refractivity contribution in [1.82, 2.24) is 15.8 Å². The standard InChI is InChI=1S/C21H30N4O3.HI/c1-6-26-19-10-16-9-13(2)27-20(16)11-17(19)12-24-21(22-5)23-8-7-18-14(3)25-28-15(18)4;/h10-11,13H,6-9,12H2,1-5H3,(H2,22,23,24);1H. The number of hydrogen-bond acceptors (Lipinski definition) is 5. The lowest BCUT2D eigenvalue weighted by Gasteiger charge is -2.15. The molecule has 160 valence electrons. The first-order chi connectivity index (χ1) is 13.5. The average molecular weight is 514 g/mol. The molecule has 1 aliphatic heterocycles. The van der Waals surface area contributed by atoms with Gasteiger partial charge in [0.25, 0.3) is 0 Å². The summed E-state index contributed by atoms with van der Waals surface area (Å²) in [5, 5.41) is 10.7. The van der Waals surface area contributed by atoms with E-state index >= 15 is 0 Å². The number of guanidine groups is 1. The number of nitrogens with zero attached hydrogens (tertiary/aromatic N) is 2. The minimum atomic E-state index is 0. The van der Waals surface area contributed by atoms with E-state index in [4.69, 9.17) is 14.0 Å². The van der Waals surface area contributed by atoms with E-state index in [2.05, 4.69) is 39.8 Å². The average Bonchev–Trinajstić information content (AvgIpc) is 3.19. The van der Waals surface area contributed by atoms with E-state index in [-0.39, 0.29) is 30.1 Å². The van der Waals surface area contributed by atoms with Crippen LogP contribution in [-0.2, 0) is 19.4 Å². The van der Waals surface area contributed by atoms with Crippen LogP contribution >= 0.6 is 24.0 Å². The summed E-state index contributed by atoms with van der Waals surface area (Å²) in [7, 11) is 1.77. The van der Waals surface area contributed by atoms with Crippen molar-refractivity contribution in [3.8, 4) is 11.5 Å². The number of hydrogen-bond donors (Lipinski definition) is 2. The molecule has 7 nitrogen and oxygen atoms in total. The second-order valence-electron chi connectivity index (χ2n) is 7.04. The summed E-state index contributed by atoms with van der Waals surface area (Å²) in [5.74, 6) is 3.46. The first-order valence-corrected chi connectivity index (χ1v) is 9.83. The number of fused-ring (bicyclic) bond motifs is 1. The van der Waals surface area contributed by atoms with E-state index in [1.807, 2.05) is 20.8 Å². The Balaban J connectivity index is 0.00000300. The molecule has 0 fully saturated rings. The van der Waals surface area contributed by atoms with Crippen LogP contribution in [0.3, 0.4) is 0 Å². The molecule has 1 atom stereocenters. The number of aromatic nitrogens is 1. The summed E-state index contributed by atoms with van der Waals surface area (Å²) >= 11 is 0. The fourth-order valence-electron chi connectivity index (χ4n) is 3.47. The van der Waals surface area contributed by atoms with E-state index < -0.39 is 0 Å². The molecule has 0 radical (unpaired) electrons. The Morgan fingerprint density at radius 1 is 1.31 bits per heavy atom. The Morgan fingerprint density at radius 3 is 2.76 bits per heavy atom. The molecule has 0 saturated heterocycles. The molecule has 3 rings (SSSR count). The molecule has 1 aromatic carbocycles. The van der Waals surface area contributed by atoms with Crippen molar-refractivity contribution in [2.75, 3.05) is 20.2 Å². The predicted octanol–water partition coefficient (Wildman–Crippen LogP) is 3.54. The van der Waals surface area contributed by atoms with Crippen molar-refractivity contribution in [3.05, 3.63) is 40.3 Å². The number of aryl methyl sites for hydroxylation is 2. The van der Waals surface area contributed by atoms with Crippen molar-refractivity contribution in [1.29, 1.82) is 0 Å². The molecular formula is C21H31IN4O3. The SMILES string of the molecule is CCOc1cc2c(cc1CNC(=NC)NCCc1c(C)noc1C)OC(C)C2.I. The van der Waals surface area contributed by atoms with Crippen LogP contribution in [0.5, 0.6) is 11.5 Å². The topological polar surface area (TPSA) is 80.9 Å². The van der Waals surface area contributed by atoms with Gasteiger partial charge in [-0.15, -0.1) is 24.0 Å². The molecule has 0 bridgehead atoms. The maximum Gasteiger partial charge on any atom is 0.191 e. The van der Waals surface area contributed by atoms with Crippen molar-refractivity contribution in [3.63, 3.8) is 0 Å². The highest BCUT2D eigenvalue weighted by atomic mass is 127. The number of ether oxygens (including phenoxy) is 2. The van der Waals surface area contributed by atoms with Crippen molar-refractivity contribution in [2.45, 2.75) is 53.2 Å². The molecule has 0 saturated carbocycles. The molecule has 29 heavy (non-hydrogen) atoms. The summed E-state index contributed by atoms with van der Waals surface area (Å²) in [6.45, 7) is 9.96. The van der Waals surface area contributed by atoms with Crippen LogP contribution in [0.2, 0.25) is 0 Å². The zero-order valence-corrected chi connectivity index (χ0v) is 20.1. The zero-order chi connectivity index (χ0) is 20.1. The van der Waals surface area contributed by atoms with E-state index in [9.17, 15) is 0 Å². The van der Waals surface area contributed by atoms with Crippen molar-refractivity contribution >= 4 is 29.9 Å². The lowest BCUT2D eigenvalue weighted by Crippen LogP contribution is -2.38. The Bertz CT molecular complexity index is 831. The lowest BCUT2D eigenvalue weighted by atomic mass is 10.1. The van der Waals surface area contributed by atoms with Gasteiger partial charge in [0.1, 0.15) is 23.4 Å². The third kappa shape index (κ3) is 5.77. The van der Waals surface area contributed by atoms with Gasteiger partial charge in [0.2, 0.25) is 0 Å². The monoisotopic (exact) mass is 514 g/mol. The predicted molar refractivity (Wildman–Crippen MR) is 125 cm³/mol. The number of rotatable bonds is 7. The van der Waals surface area contributed by atoms with Gasteiger partial charge in [0, 0.05) is 43.2 Å². The van der Waals surface area contributed by atoms with Crippen molar-refractivity contribution < 1.29 is 14.0 Å². The van der Waals surface area contributed by atoms with Gasteiger partial charge in [-0.2, -0.15) is 0 Å². The third-order valence-electron chi connectivity index (χ3n) is 4.90. The van der Waals surface area contributed by atoms with E-state index in [0.717, 1.165) is 59.4 Å². The molecule has 1 aliphatic rings. The van der Waals surface area contributed by atoms with Crippen LogP contribution < -0.4 is 20.1 Å². The highest BCUT2D eigenvalue weighted by molar-refractivity contribution is 14.0. The van der Waals surface area contributed by atoms with Crippen molar-refractivity contribution in [2.24, 2.45) is 4.99 Å².